The predicted octanol–water partition coefficient (Wildman–Crippen LogP) is 4.87. The van der Waals surface area contributed by atoms with E-state index >= 15 is 0 Å². The summed E-state index contributed by atoms with van der Waals surface area (Å²) in [4.78, 5) is 37.4. The van der Waals surface area contributed by atoms with Gasteiger partial charge in [-0.2, -0.15) is 0 Å². The maximum Gasteiger partial charge on any atom is 0.258 e. The molecule has 2 heterocycles. The average Bonchev–Trinajstić information content (AvgIpc) is 3.38. The number of benzene rings is 2. The molecule has 2 aromatic heterocycles. The van der Waals surface area contributed by atoms with E-state index < -0.39 is 8.32 Å². The zero-order valence-electron chi connectivity index (χ0n) is 20.4. The number of rotatable bonds is 7. The van der Waals surface area contributed by atoms with Crippen LogP contribution >= 0.6 is 0 Å². The fourth-order valence-corrected chi connectivity index (χ4v) is 9.90. The van der Waals surface area contributed by atoms with Crippen molar-refractivity contribution in [2.24, 2.45) is 11.8 Å². The maximum atomic E-state index is 13.3. The number of carbonyl (C=O) groups excluding carboxylic acids is 1. The van der Waals surface area contributed by atoms with Crippen LogP contribution in [0.3, 0.4) is 0 Å². The first-order chi connectivity index (χ1) is 16.9. The van der Waals surface area contributed by atoms with Gasteiger partial charge in [-0.05, 0) is 59.5 Å². The van der Waals surface area contributed by atoms with Crippen LogP contribution in [0.4, 0.5) is 0 Å². The predicted molar refractivity (Wildman–Crippen MR) is 142 cm³/mol. The Morgan fingerprint density at radius 3 is 2.14 bits per heavy atom. The summed E-state index contributed by atoms with van der Waals surface area (Å²) < 4.78 is 0. The van der Waals surface area contributed by atoms with E-state index in [0.29, 0.717) is 17.3 Å². The van der Waals surface area contributed by atoms with Crippen LogP contribution in [0, 0.1) is 11.8 Å². The molecule has 180 valence electrons. The molecular formula is C29H33N3O2Si. The topological polar surface area (TPSA) is 78.9 Å². The fraction of sp³-hybridized carbons (Fsp3) is 0.345. The Balaban J connectivity index is 1.33. The molecule has 0 radical (unpaired) electrons. The van der Waals surface area contributed by atoms with Crippen LogP contribution in [0.5, 0.6) is 0 Å². The van der Waals surface area contributed by atoms with Crippen molar-refractivity contribution in [2.75, 3.05) is 0 Å². The molecule has 0 spiro atoms. The van der Waals surface area contributed by atoms with E-state index in [-0.39, 0.29) is 16.7 Å². The molecule has 0 amide bonds. The van der Waals surface area contributed by atoms with Crippen LogP contribution in [-0.4, -0.2) is 33.8 Å². The van der Waals surface area contributed by atoms with E-state index in [1.54, 1.807) is 6.20 Å². The molecule has 2 aromatic carbocycles. The zero-order valence-corrected chi connectivity index (χ0v) is 21.4. The third kappa shape index (κ3) is 4.37. The molecular weight excluding hydrogens is 450 g/mol. The van der Waals surface area contributed by atoms with Gasteiger partial charge >= 0.3 is 0 Å². The SMILES string of the molecule is CC(C)(C[C@H]1CC[C@H](C(=O)c2ncnc3[nH]ccc23)CC1)[Si](O)(c1ccccc1)c1ccccc1. The summed E-state index contributed by atoms with van der Waals surface area (Å²) in [5.41, 5.74) is 1.25. The Morgan fingerprint density at radius 1 is 0.943 bits per heavy atom. The van der Waals surface area contributed by atoms with E-state index in [1.807, 2.05) is 42.5 Å². The number of carbonyl (C=O) groups is 1. The van der Waals surface area contributed by atoms with Gasteiger partial charge in [0.05, 0.1) is 0 Å². The zero-order chi connectivity index (χ0) is 24.5. The number of ketones is 1. The molecule has 0 atom stereocenters. The smallest absolute Gasteiger partial charge is 0.258 e. The minimum atomic E-state index is -3.01. The number of hydrogen-bond acceptors (Lipinski definition) is 4. The minimum Gasteiger partial charge on any atom is -0.424 e. The lowest BCUT2D eigenvalue weighted by Gasteiger charge is -2.44. The quantitative estimate of drug-likeness (QED) is 0.290. The third-order valence-electron chi connectivity index (χ3n) is 7.97. The first-order valence-electron chi connectivity index (χ1n) is 12.6. The van der Waals surface area contributed by atoms with Gasteiger partial charge < -0.3 is 9.78 Å². The number of fused-ring (bicyclic) bond motifs is 1. The van der Waals surface area contributed by atoms with Crippen LogP contribution < -0.4 is 10.4 Å². The van der Waals surface area contributed by atoms with Gasteiger partial charge in [-0.15, -0.1) is 0 Å². The Morgan fingerprint density at radius 2 is 1.54 bits per heavy atom. The molecule has 1 aliphatic carbocycles. The molecule has 0 unspecified atom stereocenters. The Hall–Kier alpha value is -3.09. The number of hydrogen-bond donors (Lipinski definition) is 2. The second kappa shape index (κ2) is 9.51. The molecule has 1 aliphatic rings. The summed E-state index contributed by atoms with van der Waals surface area (Å²) in [6.07, 6.45) is 7.94. The largest absolute Gasteiger partial charge is 0.424 e. The molecule has 1 saturated carbocycles. The van der Waals surface area contributed by atoms with Gasteiger partial charge in [0, 0.05) is 17.5 Å². The second-order valence-corrected chi connectivity index (χ2v) is 14.5. The first kappa shape index (κ1) is 23.6. The standard InChI is InChI=1S/C29H33N3O2Si/c1-29(2,35(34,23-9-5-3-6-10-23)24-11-7-4-8-12-24)19-21-13-15-22(16-14-21)27(33)26-25-17-18-30-28(25)32-20-31-26/h3-12,17-18,20-22,34H,13-16,19H2,1-2H3,(H,30,31,32)/t21-,22-. The van der Waals surface area contributed by atoms with Gasteiger partial charge in [0.15, 0.2) is 5.78 Å². The maximum absolute atomic E-state index is 13.3. The van der Waals surface area contributed by atoms with Gasteiger partial charge in [-0.1, -0.05) is 74.5 Å². The van der Waals surface area contributed by atoms with Gasteiger partial charge in [0.2, 0.25) is 0 Å². The molecule has 0 bridgehead atoms. The van der Waals surface area contributed by atoms with Crippen LogP contribution in [0.25, 0.3) is 11.0 Å². The highest BCUT2D eigenvalue weighted by molar-refractivity contribution is 6.98. The van der Waals surface area contributed by atoms with Crippen LogP contribution in [-0.2, 0) is 0 Å². The second-order valence-electron chi connectivity index (χ2n) is 10.6. The van der Waals surface area contributed by atoms with Crippen molar-refractivity contribution in [1.82, 2.24) is 15.0 Å². The van der Waals surface area contributed by atoms with Gasteiger partial charge in [-0.25, -0.2) is 9.97 Å². The highest BCUT2D eigenvalue weighted by Crippen LogP contribution is 2.45. The normalized spacial score (nSPS) is 19.1. The highest BCUT2D eigenvalue weighted by Gasteiger charge is 2.50. The van der Waals surface area contributed by atoms with Crippen molar-refractivity contribution in [2.45, 2.75) is 51.0 Å². The van der Waals surface area contributed by atoms with Crippen LogP contribution in [0.2, 0.25) is 5.04 Å². The highest BCUT2D eigenvalue weighted by atomic mass is 28.4. The van der Waals surface area contributed by atoms with Gasteiger partial charge in [0.25, 0.3) is 8.32 Å². The summed E-state index contributed by atoms with van der Waals surface area (Å²) in [6.45, 7) is 4.47. The number of nitrogens with zero attached hydrogens (tertiary/aromatic N) is 2. The van der Waals surface area contributed by atoms with E-state index in [4.69, 9.17) is 0 Å². The molecule has 5 nitrogen and oxygen atoms in total. The van der Waals surface area contributed by atoms with Gasteiger partial charge in [0.1, 0.15) is 17.7 Å². The monoisotopic (exact) mass is 483 g/mol. The minimum absolute atomic E-state index is 0.00161. The molecule has 0 aliphatic heterocycles. The van der Waals surface area contributed by atoms with Crippen LogP contribution in [0.15, 0.2) is 79.3 Å². The molecule has 6 heteroatoms. The number of nitrogens with one attached hydrogen (secondary N) is 1. The van der Waals surface area contributed by atoms with Crippen molar-refractivity contribution in [3.8, 4) is 0 Å². The lowest BCUT2D eigenvalue weighted by atomic mass is 9.76. The fourth-order valence-electron chi connectivity index (χ4n) is 6.07. The number of H-pyrrole nitrogens is 1. The molecule has 35 heavy (non-hydrogen) atoms. The molecule has 5 rings (SSSR count). The summed E-state index contributed by atoms with van der Waals surface area (Å²) >= 11 is 0. The van der Waals surface area contributed by atoms with Crippen LogP contribution in [0.1, 0.15) is 56.4 Å². The summed E-state index contributed by atoms with van der Waals surface area (Å²) in [5, 5.41) is 2.66. The first-order valence-corrected chi connectivity index (χ1v) is 14.5. The van der Waals surface area contributed by atoms with Crippen molar-refractivity contribution in [3.05, 3.63) is 84.9 Å². The van der Waals surface area contributed by atoms with E-state index in [0.717, 1.165) is 47.9 Å². The lowest BCUT2D eigenvalue weighted by Crippen LogP contribution is -2.65. The molecule has 2 N–H and O–H groups in total. The average molecular weight is 484 g/mol. The number of aromatic nitrogens is 3. The lowest BCUT2D eigenvalue weighted by molar-refractivity contribution is 0.0863. The van der Waals surface area contributed by atoms with Crippen molar-refractivity contribution in [3.63, 3.8) is 0 Å². The van der Waals surface area contributed by atoms with E-state index in [2.05, 4.69) is 53.1 Å². The third-order valence-corrected chi connectivity index (χ3v) is 12.5. The summed E-state index contributed by atoms with van der Waals surface area (Å²) in [5.74, 6) is 0.620. The molecule has 4 aromatic rings. The van der Waals surface area contributed by atoms with Crippen molar-refractivity contribution >= 4 is 35.5 Å². The Labute approximate surface area is 207 Å². The summed E-state index contributed by atoms with van der Waals surface area (Å²) in [6, 6.07) is 22.3. The van der Waals surface area contributed by atoms with Crippen molar-refractivity contribution < 1.29 is 9.59 Å². The molecule has 0 saturated heterocycles. The van der Waals surface area contributed by atoms with Crippen molar-refractivity contribution in [1.29, 1.82) is 0 Å². The Kier molecular flexibility index (Phi) is 6.43. The molecule has 1 fully saturated rings. The number of Topliss-reactive ketones (excluding diaryl/α,β-unsaturated/α-hetero) is 1. The van der Waals surface area contributed by atoms with E-state index in [1.165, 1.54) is 6.33 Å². The Bertz CT molecular complexity index is 1260. The van der Waals surface area contributed by atoms with E-state index in [9.17, 15) is 9.59 Å². The summed E-state index contributed by atoms with van der Waals surface area (Å²) in [7, 11) is -3.01. The van der Waals surface area contributed by atoms with Gasteiger partial charge in [-0.3, -0.25) is 4.79 Å². The number of aromatic amines is 1.